The molecule has 0 aliphatic rings. The van der Waals surface area contributed by atoms with Gasteiger partial charge in [-0.1, -0.05) is 5.16 Å². The Bertz CT molecular complexity index is 551. The van der Waals surface area contributed by atoms with Crippen LogP contribution in [0.3, 0.4) is 0 Å². The summed E-state index contributed by atoms with van der Waals surface area (Å²) in [5, 5.41) is 3.64. The van der Waals surface area contributed by atoms with E-state index < -0.39 is 0 Å². The van der Waals surface area contributed by atoms with Crippen molar-refractivity contribution in [3.8, 4) is 0 Å². The summed E-state index contributed by atoms with van der Waals surface area (Å²) in [6.45, 7) is 3.41. The number of H-pyrrole nitrogens is 1. The molecule has 0 bridgehead atoms. The number of hydrogen-bond acceptors (Lipinski definition) is 4. The zero-order chi connectivity index (χ0) is 11.7. The van der Waals surface area contributed by atoms with Crippen LogP contribution in [0.4, 0.5) is 0 Å². The van der Waals surface area contributed by atoms with Gasteiger partial charge in [-0.05, 0) is 19.4 Å². The second-order valence-electron chi connectivity index (χ2n) is 3.50. The lowest BCUT2D eigenvalue weighted by atomic mass is 10.1. The van der Waals surface area contributed by atoms with E-state index in [2.05, 4.69) is 10.1 Å². The summed E-state index contributed by atoms with van der Waals surface area (Å²) in [7, 11) is 0. The fourth-order valence-corrected chi connectivity index (χ4v) is 1.51. The standard InChI is InChI=1S/C11H10N2O3/c1-6-8(4-14)3-12-10(6)11(15)9-5-16-13-7(9)2/h3-5,12H,1-2H3. The van der Waals surface area contributed by atoms with Crippen molar-refractivity contribution < 1.29 is 14.1 Å². The van der Waals surface area contributed by atoms with Gasteiger partial charge in [0.2, 0.25) is 5.78 Å². The summed E-state index contributed by atoms with van der Waals surface area (Å²) in [6, 6.07) is 0. The normalized spacial score (nSPS) is 10.4. The van der Waals surface area contributed by atoms with Crippen LogP contribution in [0.5, 0.6) is 0 Å². The predicted octanol–water partition coefficient (Wildman–Crippen LogP) is 1.66. The first-order valence-electron chi connectivity index (χ1n) is 4.74. The van der Waals surface area contributed by atoms with Gasteiger partial charge in [-0.15, -0.1) is 0 Å². The highest BCUT2D eigenvalue weighted by molar-refractivity contribution is 6.10. The molecule has 5 nitrogen and oxygen atoms in total. The molecule has 0 aromatic carbocycles. The first-order chi connectivity index (χ1) is 7.65. The van der Waals surface area contributed by atoms with Crippen LogP contribution in [-0.4, -0.2) is 22.2 Å². The quantitative estimate of drug-likeness (QED) is 0.628. The van der Waals surface area contributed by atoms with Gasteiger partial charge in [-0.25, -0.2) is 0 Å². The maximum Gasteiger partial charge on any atom is 0.214 e. The molecule has 0 amide bonds. The van der Waals surface area contributed by atoms with Crippen LogP contribution in [0.1, 0.15) is 37.7 Å². The van der Waals surface area contributed by atoms with E-state index in [1.165, 1.54) is 12.5 Å². The van der Waals surface area contributed by atoms with E-state index in [1.807, 2.05) is 0 Å². The molecule has 2 aromatic heterocycles. The third-order valence-corrected chi connectivity index (χ3v) is 2.53. The molecule has 16 heavy (non-hydrogen) atoms. The van der Waals surface area contributed by atoms with Crippen LogP contribution in [0.15, 0.2) is 17.0 Å². The maximum atomic E-state index is 12.0. The molecular weight excluding hydrogens is 208 g/mol. The molecular formula is C11H10N2O3. The van der Waals surface area contributed by atoms with Gasteiger partial charge >= 0.3 is 0 Å². The minimum Gasteiger partial charge on any atom is -0.364 e. The minimum atomic E-state index is -0.218. The SMILES string of the molecule is Cc1nocc1C(=O)c1[nH]cc(C=O)c1C. The van der Waals surface area contributed by atoms with Crippen LogP contribution in [-0.2, 0) is 0 Å². The summed E-state index contributed by atoms with van der Waals surface area (Å²) < 4.78 is 4.71. The fourth-order valence-electron chi connectivity index (χ4n) is 1.51. The highest BCUT2D eigenvalue weighted by atomic mass is 16.5. The van der Waals surface area contributed by atoms with Crippen molar-refractivity contribution in [2.75, 3.05) is 0 Å². The predicted molar refractivity (Wildman–Crippen MR) is 55.6 cm³/mol. The molecule has 0 saturated heterocycles. The smallest absolute Gasteiger partial charge is 0.214 e. The Morgan fingerprint density at radius 3 is 2.75 bits per heavy atom. The number of nitrogens with zero attached hydrogens (tertiary/aromatic N) is 1. The van der Waals surface area contributed by atoms with Crippen LogP contribution < -0.4 is 0 Å². The first-order valence-corrected chi connectivity index (χ1v) is 4.74. The average Bonchev–Trinajstić information content (AvgIpc) is 2.84. The molecule has 0 saturated carbocycles. The lowest BCUT2D eigenvalue weighted by Crippen LogP contribution is -2.04. The van der Waals surface area contributed by atoms with E-state index in [4.69, 9.17) is 4.52 Å². The Labute approximate surface area is 91.4 Å². The molecule has 0 spiro atoms. The minimum absolute atomic E-state index is 0.218. The van der Waals surface area contributed by atoms with Crippen molar-refractivity contribution in [1.29, 1.82) is 0 Å². The number of aromatic nitrogens is 2. The van der Waals surface area contributed by atoms with Gasteiger partial charge in [0.25, 0.3) is 0 Å². The molecule has 0 aliphatic carbocycles. The molecule has 1 N–H and O–H groups in total. The third kappa shape index (κ3) is 1.46. The Morgan fingerprint density at radius 1 is 1.50 bits per heavy atom. The molecule has 82 valence electrons. The monoisotopic (exact) mass is 218 g/mol. The maximum absolute atomic E-state index is 12.0. The van der Waals surface area contributed by atoms with E-state index in [-0.39, 0.29) is 5.78 Å². The molecule has 0 aliphatic heterocycles. The van der Waals surface area contributed by atoms with E-state index in [0.717, 1.165) is 0 Å². The van der Waals surface area contributed by atoms with E-state index in [0.29, 0.717) is 34.4 Å². The van der Waals surface area contributed by atoms with Crippen LogP contribution in [0.25, 0.3) is 0 Å². The third-order valence-electron chi connectivity index (χ3n) is 2.53. The van der Waals surface area contributed by atoms with Crippen LogP contribution in [0, 0.1) is 13.8 Å². The highest BCUT2D eigenvalue weighted by Gasteiger charge is 2.19. The van der Waals surface area contributed by atoms with Crippen molar-refractivity contribution >= 4 is 12.1 Å². The number of aryl methyl sites for hydroxylation is 1. The summed E-state index contributed by atoms with van der Waals surface area (Å²) >= 11 is 0. The molecule has 0 fully saturated rings. The van der Waals surface area contributed by atoms with E-state index in [1.54, 1.807) is 13.8 Å². The highest BCUT2D eigenvalue weighted by Crippen LogP contribution is 2.17. The molecule has 2 heterocycles. The number of aromatic amines is 1. The van der Waals surface area contributed by atoms with Gasteiger partial charge in [0.05, 0.1) is 17.0 Å². The average molecular weight is 218 g/mol. The number of rotatable bonds is 3. The van der Waals surface area contributed by atoms with Gasteiger partial charge < -0.3 is 9.51 Å². The molecule has 0 unspecified atom stereocenters. The molecule has 0 atom stereocenters. The lowest BCUT2D eigenvalue weighted by molar-refractivity contribution is 0.103. The number of carbonyl (C=O) groups excluding carboxylic acids is 2. The molecule has 5 heteroatoms. The van der Waals surface area contributed by atoms with Crippen molar-refractivity contribution in [1.82, 2.24) is 10.1 Å². The van der Waals surface area contributed by atoms with Gasteiger partial charge in [-0.3, -0.25) is 9.59 Å². The number of aldehydes is 1. The summed E-state index contributed by atoms with van der Waals surface area (Å²) in [5.74, 6) is -0.218. The summed E-state index contributed by atoms with van der Waals surface area (Å²) in [5.41, 5.74) is 2.46. The van der Waals surface area contributed by atoms with Gasteiger partial charge in [0.15, 0.2) is 6.29 Å². The Morgan fingerprint density at radius 2 is 2.25 bits per heavy atom. The van der Waals surface area contributed by atoms with Crippen molar-refractivity contribution in [3.63, 3.8) is 0 Å². The zero-order valence-corrected chi connectivity index (χ0v) is 8.90. The Balaban J connectivity index is 2.46. The number of hydrogen-bond donors (Lipinski definition) is 1. The topological polar surface area (TPSA) is 76.0 Å². The lowest BCUT2D eigenvalue weighted by Gasteiger charge is -1.97. The number of ketones is 1. The second-order valence-corrected chi connectivity index (χ2v) is 3.50. The van der Waals surface area contributed by atoms with Crippen LogP contribution in [0.2, 0.25) is 0 Å². The summed E-state index contributed by atoms with van der Waals surface area (Å²) in [6.07, 6.45) is 3.53. The number of nitrogens with one attached hydrogen (secondary N) is 1. The fraction of sp³-hybridized carbons (Fsp3) is 0.182. The molecule has 2 aromatic rings. The first kappa shape index (κ1) is 10.4. The second kappa shape index (κ2) is 3.77. The Hall–Kier alpha value is -2.17. The van der Waals surface area contributed by atoms with Gasteiger partial charge in [-0.2, -0.15) is 0 Å². The van der Waals surface area contributed by atoms with Crippen molar-refractivity contribution in [3.05, 3.63) is 40.5 Å². The largest absolute Gasteiger partial charge is 0.364 e. The van der Waals surface area contributed by atoms with Crippen molar-refractivity contribution in [2.24, 2.45) is 0 Å². The molecule has 0 radical (unpaired) electrons. The van der Waals surface area contributed by atoms with E-state index >= 15 is 0 Å². The van der Waals surface area contributed by atoms with E-state index in [9.17, 15) is 9.59 Å². The number of carbonyl (C=O) groups is 2. The van der Waals surface area contributed by atoms with Crippen LogP contribution >= 0.6 is 0 Å². The zero-order valence-electron chi connectivity index (χ0n) is 8.90. The molecule has 2 rings (SSSR count). The summed E-state index contributed by atoms with van der Waals surface area (Å²) in [4.78, 5) is 25.5. The Kier molecular flexibility index (Phi) is 2.44. The van der Waals surface area contributed by atoms with Gasteiger partial charge in [0, 0.05) is 11.8 Å². The van der Waals surface area contributed by atoms with Gasteiger partial charge in [0.1, 0.15) is 6.26 Å². The van der Waals surface area contributed by atoms with Crippen molar-refractivity contribution in [2.45, 2.75) is 13.8 Å².